The van der Waals surface area contributed by atoms with E-state index >= 15 is 0 Å². The average molecular weight is 244 g/mol. The van der Waals surface area contributed by atoms with Crippen LogP contribution in [-0.2, 0) is 10.8 Å². The minimum atomic E-state index is -0.596. The third-order valence-electron chi connectivity index (χ3n) is 3.84. The molecule has 0 aromatic carbocycles. The molecule has 0 bridgehead atoms. The van der Waals surface area contributed by atoms with Crippen LogP contribution >= 0.6 is 0 Å². The summed E-state index contributed by atoms with van der Waals surface area (Å²) in [6.45, 7) is 8.04. The molecule has 3 nitrogen and oxygen atoms in total. The van der Waals surface area contributed by atoms with Gasteiger partial charge in [-0.05, 0) is 38.9 Å². The molecule has 16 heavy (non-hydrogen) atoms. The molecule has 2 heterocycles. The molecule has 0 aliphatic carbocycles. The lowest BCUT2D eigenvalue weighted by Crippen LogP contribution is -2.38. The molecule has 0 N–H and O–H groups in total. The van der Waals surface area contributed by atoms with Gasteiger partial charge in [0.05, 0.1) is 0 Å². The largest absolute Gasteiger partial charge is 0.301 e. The van der Waals surface area contributed by atoms with Crippen molar-refractivity contribution in [3.05, 3.63) is 0 Å². The maximum Gasteiger partial charge on any atom is 0.0362 e. The Labute approximate surface area is 102 Å². The van der Waals surface area contributed by atoms with E-state index in [0.717, 1.165) is 24.1 Å². The summed E-state index contributed by atoms with van der Waals surface area (Å²) in [6, 6.07) is 0.789. The van der Waals surface area contributed by atoms with Crippen LogP contribution in [0.15, 0.2) is 0 Å². The van der Waals surface area contributed by atoms with Crippen LogP contribution in [-0.4, -0.2) is 64.3 Å². The zero-order valence-electron chi connectivity index (χ0n) is 10.4. The Morgan fingerprint density at radius 2 is 2.06 bits per heavy atom. The number of fused-ring (bicyclic) bond motifs is 1. The molecule has 0 amide bonds. The van der Waals surface area contributed by atoms with E-state index < -0.39 is 10.8 Å². The molecule has 2 fully saturated rings. The molecule has 0 radical (unpaired) electrons. The van der Waals surface area contributed by atoms with Gasteiger partial charge in [-0.15, -0.1) is 0 Å². The first-order valence-corrected chi connectivity index (χ1v) is 8.09. The minimum Gasteiger partial charge on any atom is -0.301 e. The highest BCUT2D eigenvalue weighted by atomic mass is 32.2. The van der Waals surface area contributed by atoms with Crippen molar-refractivity contribution in [3.63, 3.8) is 0 Å². The third kappa shape index (κ3) is 3.28. The van der Waals surface area contributed by atoms with E-state index in [4.69, 9.17) is 0 Å². The van der Waals surface area contributed by atoms with Crippen molar-refractivity contribution in [1.82, 2.24) is 9.80 Å². The van der Waals surface area contributed by atoms with Gasteiger partial charge in [0.1, 0.15) is 0 Å². The summed E-state index contributed by atoms with van der Waals surface area (Å²) in [4.78, 5) is 5.18. The summed E-state index contributed by atoms with van der Waals surface area (Å²) in [7, 11) is -0.596. The lowest BCUT2D eigenvalue weighted by Gasteiger charge is -2.25. The highest BCUT2D eigenvalue weighted by Crippen LogP contribution is 2.20. The smallest absolute Gasteiger partial charge is 0.0362 e. The lowest BCUT2D eigenvalue weighted by atomic mass is 10.2. The Kier molecular flexibility index (Phi) is 4.79. The van der Waals surface area contributed by atoms with Gasteiger partial charge >= 0.3 is 0 Å². The number of hydrogen-bond acceptors (Lipinski definition) is 3. The van der Waals surface area contributed by atoms with E-state index in [1.165, 1.54) is 45.4 Å². The molecule has 2 aliphatic heterocycles. The van der Waals surface area contributed by atoms with Crippen molar-refractivity contribution in [2.24, 2.45) is 0 Å². The SMILES string of the molecule is CCS(=O)CCN1CCCN2CCCC2C1. The van der Waals surface area contributed by atoms with Gasteiger partial charge in [-0.1, -0.05) is 6.92 Å². The van der Waals surface area contributed by atoms with Crippen LogP contribution in [0.4, 0.5) is 0 Å². The summed E-state index contributed by atoms with van der Waals surface area (Å²) in [6.07, 6.45) is 4.03. The second kappa shape index (κ2) is 6.12. The van der Waals surface area contributed by atoms with Gasteiger partial charge in [0.15, 0.2) is 0 Å². The topological polar surface area (TPSA) is 23.6 Å². The summed E-state index contributed by atoms with van der Waals surface area (Å²) in [5.41, 5.74) is 0. The van der Waals surface area contributed by atoms with Crippen molar-refractivity contribution < 1.29 is 4.21 Å². The van der Waals surface area contributed by atoms with E-state index in [0.29, 0.717) is 0 Å². The molecule has 2 atom stereocenters. The molecule has 2 aliphatic rings. The fourth-order valence-electron chi connectivity index (χ4n) is 2.86. The summed E-state index contributed by atoms with van der Waals surface area (Å²) < 4.78 is 11.4. The van der Waals surface area contributed by atoms with E-state index in [1.807, 2.05) is 6.92 Å². The Bertz CT molecular complexity index is 247. The molecule has 4 heteroatoms. The highest BCUT2D eigenvalue weighted by Gasteiger charge is 2.28. The summed E-state index contributed by atoms with van der Waals surface area (Å²) in [5.74, 6) is 1.67. The quantitative estimate of drug-likeness (QED) is 0.735. The predicted octanol–water partition coefficient (Wildman–Crippen LogP) is 0.925. The Balaban J connectivity index is 1.79. The summed E-state index contributed by atoms with van der Waals surface area (Å²) in [5, 5.41) is 0. The molecular formula is C12H24N2OS. The monoisotopic (exact) mass is 244 g/mol. The van der Waals surface area contributed by atoms with Crippen LogP contribution in [0.25, 0.3) is 0 Å². The Morgan fingerprint density at radius 1 is 1.25 bits per heavy atom. The van der Waals surface area contributed by atoms with E-state index in [1.54, 1.807) is 0 Å². The van der Waals surface area contributed by atoms with Crippen molar-refractivity contribution in [3.8, 4) is 0 Å². The zero-order chi connectivity index (χ0) is 11.4. The van der Waals surface area contributed by atoms with Gasteiger partial charge in [-0.3, -0.25) is 9.11 Å². The first-order valence-electron chi connectivity index (χ1n) is 6.61. The predicted molar refractivity (Wildman–Crippen MR) is 69.2 cm³/mol. The fourth-order valence-corrected chi connectivity index (χ4v) is 3.61. The van der Waals surface area contributed by atoms with E-state index in [2.05, 4.69) is 9.80 Å². The molecule has 0 aromatic rings. The van der Waals surface area contributed by atoms with E-state index in [9.17, 15) is 4.21 Å². The van der Waals surface area contributed by atoms with Gasteiger partial charge in [-0.25, -0.2) is 0 Å². The third-order valence-corrected chi connectivity index (χ3v) is 5.13. The molecule has 0 spiro atoms. The molecule has 94 valence electrons. The second-order valence-corrected chi connectivity index (χ2v) is 6.78. The first kappa shape index (κ1) is 12.5. The van der Waals surface area contributed by atoms with Crippen molar-refractivity contribution in [2.75, 3.05) is 44.2 Å². The standard InChI is InChI=1S/C12H24N2OS/c1-2-16(15)10-9-13-6-4-8-14-7-3-5-12(14)11-13/h12H,2-11H2,1H3. The van der Waals surface area contributed by atoms with Crippen molar-refractivity contribution in [2.45, 2.75) is 32.2 Å². The number of hydrogen-bond donors (Lipinski definition) is 0. The molecule has 0 aromatic heterocycles. The molecule has 2 rings (SSSR count). The number of rotatable bonds is 4. The second-order valence-electron chi connectivity index (χ2n) is 4.92. The Morgan fingerprint density at radius 3 is 2.88 bits per heavy atom. The molecule has 2 unspecified atom stereocenters. The minimum absolute atomic E-state index is 0.596. The fraction of sp³-hybridized carbons (Fsp3) is 1.00. The van der Waals surface area contributed by atoms with Gasteiger partial charge in [0.2, 0.25) is 0 Å². The van der Waals surface area contributed by atoms with Crippen LogP contribution in [0.3, 0.4) is 0 Å². The number of nitrogens with zero attached hydrogens (tertiary/aromatic N) is 2. The summed E-state index contributed by atoms with van der Waals surface area (Å²) >= 11 is 0. The molecular weight excluding hydrogens is 220 g/mol. The normalized spacial score (nSPS) is 29.9. The maximum absolute atomic E-state index is 11.4. The zero-order valence-corrected chi connectivity index (χ0v) is 11.2. The average Bonchev–Trinajstić information content (AvgIpc) is 2.64. The molecule has 2 saturated heterocycles. The lowest BCUT2D eigenvalue weighted by molar-refractivity contribution is 0.227. The van der Waals surface area contributed by atoms with Gasteiger partial charge in [0.25, 0.3) is 0 Å². The van der Waals surface area contributed by atoms with Gasteiger partial charge < -0.3 is 4.90 Å². The maximum atomic E-state index is 11.4. The Hall–Kier alpha value is 0.0700. The van der Waals surface area contributed by atoms with Gasteiger partial charge in [-0.2, -0.15) is 0 Å². The van der Waals surface area contributed by atoms with Crippen molar-refractivity contribution in [1.29, 1.82) is 0 Å². The van der Waals surface area contributed by atoms with Crippen LogP contribution in [0.1, 0.15) is 26.2 Å². The van der Waals surface area contributed by atoms with Crippen LogP contribution < -0.4 is 0 Å². The van der Waals surface area contributed by atoms with Gasteiger partial charge in [0, 0.05) is 41.4 Å². The van der Waals surface area contributed by atoms with Crippen LogP contribution in [0.5, 0.6) is 0 Å². The van der Waals surface area contributed by atoms with E-state index in [-0.39, 0.29) is 0 Å². The van der Waals surface area contributed by atoms with Crippen LogP contribution in [0, 0.1) is 0 Å². The van der Waals surface area contributed by atoms with Crippen LogP contribution in [0.2, 0.25) is 0 Å². The molecule has 0 saturated carbocycles. The first-order chi connectivity index (χ1) is 7.79. The highest BCUT2D eigenvalue weighted by molar-refractivity contribution is 7.84. The van der Waals surface area contributed by atoms with Crippen molar-refractivity contribution >= 4 is 10.8 Å².